The number of ether oxygens (including phenoxy) is 4. The molecule has 0 aromatic carbocycles. The summed E-state index contributed by atoms with van der Waals surface area (Å²) < 4.78 is 22.2. The van der Waals surface area contributed by atoms with E-state index in [1.165, 1.54) is 77.0 Å². The van der Waals surface area contributed by atoms with Gasteiger partial charge in [-0.2, -0.15) is 0 Å². The number of hydrogen-bond donors (Lipinski definition) is 4. The van der Waals surface area contributed by atoms with Crippen molar-refractivity contribution in [3.63, 3.8) is 0 Å². The molecule has 1 aliphatic rings. The Balaban J connectivity index is 2.31. The van der Waals surface area contributed by atoms with Crippen molar-refractivity contribution in [2.45, 2.75) is 230 Å². The highest BCUT2D eigenvalue weighted by molar-refractivity contribution is 5.70. The monoisotopic (exact) mass is 835 g/mol. The van der Waals surface area contributed by atoms with Gasteiger partial charge in [0.1, 0.15) is 31.0 Å². The number of rotatable bonds is 39. The predicted octanol–water partition coefficient (Wildman–Crippen LogP) is 10.4. The Bertz CT molecular complexity index is 1100. The van der Waals surface area contributed by atoms with Gasteiger partial charge in [0.05, 0.1) is 13.2 Å². The molecule has 0 bridgehead atoms. The van der Waals surface area contributed by atoms with Gasteiger partial charge >= 0.3 is 11.9 Å². The van der Waals surface area contributed by atoms with Crippen molar-refractivity contribution < 1.29 is 49.0 Å². The second-order valence-corrected chi connectivity index (χ2v) is 16.2. The molecule has 10 heteroatoms. The molecule has 59 heavy (non-hydrogen) atoms. The van der Waals surface area contributed by atoms with Crippen molar-refractivity contribution in [2.75, 3.05) is 19.8 Å². The smallest absolute Gasteiger partial charge is 0.306 e. The molecule has 0 aliphatic carbocycles. The Hall–Kier alpha value is -2.34. The Labute approximate surface area is 358 Å². The first-order valence-corrected chi connectivity index (χ1v) is 23.7. The lowest BCUT2D eigenvalue weighted by molar-refractivity contribution is -0.305. The summed E-state index contributed by atoms with van der Waals surface area (Å²) in [4.78, 5) is 25.4. The van der Waals surface area contributed by atoms with E-state index in [1.807, 2.05) is 0 Å². The second-order valence-electron chi connectivity index (χ2n) is 16.2. The zero-order valence-corrected chi connectivity index (χ0v) is 37.2. The van der Waals surface area contributed by atoms with E-state index in [2.05, 4.69) is 62.5 Å². The maximum Gasteiger partial charge on any atom is 0.306 e. The van der Waals surface area contributed by atoms with Gasteiger partial charge in [-0.3, -0.25) is 9.59 Å². The fourth-order valence-corrected chi connectivity index (χ4v) is 7.00. The third kappa shape index (κ3) is 31.2. The van der Waals surface area contributed by atoms with E-state index < -0.39 is 49.4 Å². The second kappa shape index (κ2) is 39.8. The number of esters is 2. The molecule has 6 unspecified atom stereocenters. The van der Waals surface area contributed by atoms with Crippen LogP contribution in [0.1, 0.15) is 194 Å². The normalized spacial score (nSPS) is 20.4. The average Bonchev–Trinajstić information content (AvgIpc) is 3.23. The lowest BCUT2D eigenvalue weighted by Gasteiger charge is -2.39. The number of carbonyl (C=O) groups is 2. The average molecular weight is 835 g/mol. The van der Waals surface area contributed by atoms with Gasteiger partial charge in [-0.25, -0.2) is 0 Å². The molecule has 1 heterocycles. The SMILES string of the molecule is CC/C=C\C/C=C\C/C=C\C/C=C\CCCCCCCCC(=O)OC(COC(=O)CCCCCCCCCCCCCCCCC)COC1OC(CO)C(O)C(O)C1O. The van der Waals surface area contributed by atoms with Crippen LogP contribution in [0, 0.1) is 0 Å². The van der Waals surface area contributed by atoms with Gasteiger partial charge in [-0.05, 0) is 51.4 Å². The van der Waals surface area contributed by atoms with Gasteiger partial charge in [0.25, 0.3) is 0 Å². The molecular weight excluding hydrogens is 749 g/mol. The molecule has 1 aliphatic heterocycles. The molecule has 1 rings (SSSR count). The predicted molar refractivity (Wildman–Crippen MR) is 238 cm³/mol. The van der Waals surface area contributed by atoms with Gasteiger partial charge < -0.3 is 39.4 Å². The molecule has 0 aromatic heterocycles. The van der Waals surface area contributed by atoms with Crippen LogP contribution in [0.25, 0.3) is 0 Å². The van der Waals surface area contributed by atoms with E-state index in [0.717, 1.165) is 83.5 Å². The zero-order chi connectivity index (χ0) is 43.0. The molecule has 1 saturated heterocycles. The number of carbonyl (C=O) groups excluding carboxylic acids is 2. The van der Waals surface area contributed by atoms with E-state index in [1.54, 1.807) is 0 Å². The lowest BCUT2D eigenvalue weighted by atomic mass is 9.99. The summed E-state index contributed by atoms with van der Waals surface area (Å²) in [6.07, 6.45) is 39.7. The molecule has 4 N–H and O–H groups in total. The van der Waals surface area contributed by atoms with E-state index in [9.17, 15) is 30.0 Å². The topological polar surface area (TPSA) is 152 Å². The summed E-state index contributed by atoms with van der Waals surface area (Å²) in [5, 5.41) is 40.1. The molecule has 0 spiro atoms. The number of aliphatic hydroxyl groups is 4. The Morgan fingerprint density at radius 2 is 1.00 bits per heavy atom. The van der Waals surface area contributed by atoms with Crippen LogP contribution in [-0.4, -0.2) is 89.0 Å². The lowest BCUT2D eigenvalue weighted by Crippen LogP contribution is -2.59. The van der Waals surface area contributed by atoms with Crippen LogP contribution in [0.2, 0.25) is 0 Å². The molecule has 342 valence electrons. The molecular formula is C49H86O10. The number of allylic oxidation sites excluding steroid dienone is 8. The highest BCUT2D eigenvalue weighted by atomic mass is 16.7. The van der Waals surface area contributed by atoms with Crippen LogP contribution < -0.4 is 0 Å². The van der Waals surface area contributed by atoms with Gasteiger partial charge in [0.2, 0.25) is 0 Å². The Kier molecular flexibility index (Phi) is 36.9. The third-order valence-electron chi connectivity index (χ3n) is 10.7. The highest BCUT2D eigenvalue weighted by Gasteiger charge is 2.44. The highest BCUT2D eigenvalue weighted by Crippen LogP contribution is 2.23. The van der Waals surface area contributed by atoms with Crippen molar-refractivity contribution in [3.8, 4) is 0 Å². The first-order chi connectivity index (χ1) is 28.8. The fourth-order valence-electron chi connectivity index (χ4n) is 7.00. The third-order valence-corrected chi connectivity index (χ3v) is 10.7. The molecule has 1 fully saturated rings. The quantitative estimate of drug-likeness (QED) is 0.0267. The van der Waals surface area contributed by atoms with Gasteiger partial charge in [-0.1, -0.05) is 178 Å². The van der Waals surface area contributed by atoms with Crippen molar-refractivity contribution in [2.24, 2.45) is 0 Å². The van der Waals surface area contributed by atoms with Gasteiger partial charge in [0, 0.05) is 12.8 Å². The first-order valence-electron chi connectivity index (χ1n) is 23.7. The van der Waals surface area contributed by atoms with E-state index in [-0.39, 0.29) is 32.0 Å². The molecule has 0 saturated carbocycles. The van der Waals surface area contributed by atoms with Crippen molar-refractivity contribution in [1.29, 1.82) is 0 Å². The number of aliphatic hydroxyl groups excluding tert-OH is 4. The summed E-state index contributed by atoms with van der Waals surface area (Å²) in [5.41, 5.74) is 0. The van der Waals surface area contributed by atoms with Gasteiger partial charge in [0.15, 0.2) is 12.4 Å². The fraction of sp³-hybridized carbons (Fsp3) is 0.796. The van der Waals surface area contributed by atoms with Crippen LogP contribution >= 0.6 is 0 Å². The van der Waals surface area contributed by atoms with Crippen LogP contribution in [0.3, 0.4) is 0 Å². The zero-order valence-electron chi connectivity index (χ0n) is 37.2. The number of unbranched alkanes of at least 4 members (excludes halogenated alkanes) is 20. The van der Waals surface area contributed by atoms with Crippen molar-refractivity contribution in [1.82, 2.24) is 0 Å². The van der Waals surface area contributed by atoms with Gasteiger partial charge in [-0.15, -0.1) is 0 Å². The molecule has 10 nitrogen and oxygen atoms in total. The Morgan fingerprint density at radius 3 is 1.51 bits per heavy atom. The standard InChI is InChI=1S/C49H86O10/c1-3-5-7-9-11-13-15-17-19-20-21-22-24-26-28-30-32-34-36-38-45(52)58-42(41-57-49-48(55)47(54)46(53)43(39-50)59-49)40-56-44(51)37-35-33-31-29-27-25-23-18-16-14-12-10-8-6-4-2/h5,7,11,13,17,19,21-22,42-43,46-50,53-55H,3-4,6,8-10,12,14-16,18,20,23-41H2,1-2H3/b7-5-,13-11-,19-17-,22-21-. The molecule has 0 aromatic rings. The summed E-state index contributed by atoms with van der Waals surface area (Å²) in [6.45, 7) is 3.31. The summed E-state index contributed by atoms with van der Waals surface area (Å²) in [7, 11) is 0. The molecule has 0 amide bonds. The van der Waals surface area contributed by atoms with Crippen LogP contribution in [-0.2, 0) is 28.5 Å². The number of hydrogen-bond acceptors (Lipinski definition) is 10. The van der Waals surface area contributed by atoms with E-state index >= 15 is 0 Å². The summed E-state index contributed by atoms with van der Waals surface area (Å²) in [5.74, 6) is -0.819. The maximum atomic E-state index is 12.8. The minimum absolute atomic E-state index is 0.214. The van der Waals surface area contributed by atoms with Crippen LogP contribution in [0.5, 0.6) is 0 Å². The molecule has 0 radical (unpaired) electrons. The van der Waals surface area contributed by atoms with E-state index in [0.29, 0.717) is 6.42 Å². The largest absolute Gasteiger partial charge is 0.462 e. The summed E-state index contributed by atoms with van der Waals surface area (Å²) in [6, 6.07) is 0. The Morgan fingerprint density at radius 1 is 0.542 bits per heavy atom. The van der Waals surface area contributed by atoms with Crippen molar-refractivity contribution >= 4 is 11.9 Å². The molecule has 6 atom stereocenters. The minimum atomic E-state index is -1.60. The maximum absolute atomic E-state index is 12.8. The summed E-state index contributed by atoms with van der Waals surface area (Å²) >= 11 is 0. The van der Waals surface area contributed by atoms with Crippen LogP contribution in [0.15, 0.2) is 48.6 Å². The minimum Gasteiger partial charge on any atom is -0.462 e. The van der Waals surface area contributed by atoms with Crippen LogP contribution in [0.4, 0.5) is 0 Å². The van der Waals surface area contributed by atoms with Crippen molar-refractivity contribution in [3.05, 3.63) is 48.6 Å². The first kappa shape index (κ1) is 54.7. The van der Waals surface area contributed by atoms with E-state index in [4.69, 9.17) is 18.9 Å².